The average molecular weight is 327 g/mol. The quantitative estimate of drug-likeness (QED) is 0.567. The molecule has 0 N–H and O–H groups in total. The summed E-state index contributed by atoms with van der Waals surface area (Å²) in [7, 11) is 1.46. The number of hydrogen-bond donors (Lipinski definition) is 0. The fourth-order valence-corrected chi connectivity index (χ4v) is 2.88. The van der Waals surface area contributed by atoms with Crippen molar-refractivity contribution >= 4 is 11.1 Å². The Hall–Kier alpha value is -0.870. The van der Waals surface area contributed by atoms with E-state index in [-0.39, 0.29) is 5.41 Å². The summed E-state index contributed by atoms with van der Waals surface area (Å²) in [5.41, 5.74) is 1.21. The van der Waals surface area contributed by atoms with Gasteiger partial charge in [-0.05, 0) is 36.0 Å². The predicted octanol–water partition coefficient (Wildman–Crippen LogP) is 5.00. The topological polar surface area (TPSA) is 35.5 Å². The minimum absolute atomic E-state index is 0.0480. The van der Waals surface area contributed by atoms with Crippen molar-refractivity contribution < 1.29 is 13.1 Å². The van der Waals surface area contributed by atoms with Crippen LogP contribution >= 0.6 is 0 Å². The monoisotopic (exact) mass is 326 g/mol. The molecule has 0 fully saturated rings. The standard InChI is InChI=1S/C18H30O3S/c1-6-8-9-10-13-21-16-12-11-15(18(3,4)7-2)14-17(16)22(19)20-5/h11-12,14H,6-10,13H2,1-5H3. The first kappa shape index (κ1) is 19.2. The minimum atomic E-state index is -1.48. The summed E-state index contributed by atoms with van der Waals surface area (Å²) in [6, 6.07) is 5.96. The molecular weight excluding hydrogens is 296 g/mol. The molecule has 4 heteroatoms. The van der Waals surface area contributed by atoms with Crippen LogP contribution in [0.1, 0.15) is 65.4 Å². The zero-order valence-corrected chi connectivity index (χ0v) is 15.4. The molecule has 0 aliphatic carbocycles. The third kappa shape index (κ3) is 5.40. The van der Waals surface area contributed by atoms with Crippen LogP contribution in [0.15, 0.2) is 23.1 Å². The van der Waals surface area contributed by atoms with Crippen LogP contribution in [0.5, 0.6) is 5.75 Å². The third-order valence-electron chi connectivity index (χ3n) is 4.20. The second-order valence-corrected chi connectivity index (χ2v) is 7.45. The lowest BCUT2D eigenvalue weighted by Gasteiger charge is -2.24. The van der Waals surface area contributed by atoms with Crippen molar-refractivity contribution in [3.8, 4) is 5.75 Å². The van der Waals surface area contributed by atoms with Crippen LogP contribution < -0.4 is 4.74 Å². The zero-order valence-electron chi connectivity index (χ0n) is 14.6. The van der Waals surface area contributed by atoms with Crippen LogP contribution in [-0.4, -0.2) is 17.9 Å². The summed E-state index contributed by atoms with van der Waals surface area (Å²) in [6.07, 6.45) is 5.64. The van der Waals surface area contributed by atoms with E-state index in [1.165, 1.54) is 26.4 Å². The SMILES string of the molecule is CCCCCCOc1ccc(C(C)(C)CC)cc1S(=O)OC. The van der Waals surface area contributed by atoms with Gasteiger partial charge in [-0.3, -0.25) is 4.18 Å². The van der Waals surface area contributed by atoms with Gasteiger partial charge in [0.15, 0.2) is 11.1 Å². The molecule has 22 heavy (non-hydrogen) atoms. The van der Waals surface area contributed by atoms with Crippen LogP contribution in [-0.2, 0) is 20.7 Å². The molecule has 1 atom stereocenters. The Morgan fingerprint density at radius 1 is 1.14 bits per heavy atom. The van der Waals surface area contributed by atoms with E-state index in [4.69, 9.17) is 8.92 Å². The highest BCUT2D eigenvalue weighted by atomic mass is 32.2. The molecule has 1 aromatic rings. The van der Waals surface area contributed by atoms with Gasteiger partial charge in [-0.15, -0.1) is 0 Å². The van der Waals surface area contributed by atoms with E-state index >= 15 is 0 Å². The second-order valence-electron chi connectivity index (χ2n) is 6.21. The summed E-state index contributed by atoms with van der Waals surface area (Å²) in [6.45, 7) is 9.38. The highest BCUT2D eigenvalue weighted by Crippen LogP contribution is 2.32. The molecule has 0 heterocycles. The molecule has 1 aromatic carbocycles. The Balaban J connectivity index is 2.90. The van der Waals surface area contributed by atoms with E-state index < -0.39 is 11.1 Å². The molecule has 0 aromatic heterocycles. The molecule has 126 valence electrons. The highest BCUT2D eigenvalue weighted by molar-refractivity contribution is 7.80. The summed E-state index contributed by atoms with van der Waals surface area (Å²) >= 11 is -1.48. The number of rotatable bonds is 10. The van der Waals surface area contributed by atoms with E-state index in [2.05, 4.69) is 33.8 Å². The van der Waals surface area contributed by atoms with Crippen LogP contribution in [0.25, 0.3) is 0 Å². The number of unbranched alkanes of at least 4 members (excludes halogenated alkanes) is 3. The van der Waals surface area contributed by atoms with E-state index in [1.54, 1.807) is 0 Å². The second kappa shape index (κ2) is 9.31. The molecule has 0 aliphatic heterocycles. The maximum absolute atomic E-state index is 12.1. The van der Waals surface area contributed by atoms with Crippen molar-refractivity contribution in [2.45, 2.75) is 70.1 Å². The Bertz CT molecular complexity index is 483. The molecule has 1 unspecified atom stereocenters. The fourth-order valence-electron chi connectivity index (χ4n) is 2.18. The fraction of sp³-hybridized carbons (Fsp3) is 0.667. The van der Waals surface area contributed by atoms with Gasteiger partial charge in [-0.1, -0.05) is 53.0 Å². The Labute approximate surface area is 138 Å². The minimum Gasteiger partial charge on any atom is -0.492 e. The van der Waals surface area contributed by atoms with Crippen molar-refractivity contribution in [3.05, 3.63) is 23.8 Å². The first-order valence-corrected chi connectivity index (χ1v) is 9.27. The van der Waals surface area contributed by atoms with E-state index in [9.17, 15) is 4.21 Å². The first-order valence-electron chi connectivity index (χ1n) is 8.19. The molecule has 3 nitrogen and oxygen atoms in total. The largest absolute Gasteiger partial charge is 0.492 e. The van der Waals surface area contributed by atoms with Gasteiger partial charge in [0, 0.05) is 0 Å². The van der Waals surface area contributed by atoms with Crippen molar-refractivity contribution in [2.75, 3.05) is 13.7 Å². The van der Waals surface area contributed by atoms with Gasteiger partial charge in [0.05, 0.1) is 13.7 Å². The van der Waals surface area contributed by atoms with E-state index in [0.29, 0.717) is 17.3 Å². The maximum Gasteiger partial charge on any atom is 0.192 e. The van der Waals surface area contributed by atoms with E-state index in [1.807, 2.05) is 12.1 Å². The lowest BCUT2D eigenvalue weighted by atomic mass is 9.82. The van der Waals surface area contributed by atoms with Gasteiger partial charge in [0.25, 0.3) is 0 Å². The van der Waals surface area contributed by atoms with Crippen molar-refractivity contribution in [1.82, 2.24) is 0 Å². The molecule has 0 amide bonds. The van der Waals surface area contributed by atoms with Crippen molar-refractivity contribution in [2.24, 2.45) is 0 Å². The van der Waals surface area contributed by atoms with Crippen LogP contribution in [0.4, 0.5) is 0 Å². The predicted molar refractivity (Wildman–Crippen MR) is 92.8 cm³/mol. The first-order chi connectivity index (χ1) is 10.5. The molecule has 0 radical (unpaired) electrons. The highest BCUT2D eigenvalue weighted by Gasteiger charge is 2.21. The molecular formula is C18H30O3S. The van der Waals surface area contributed by atoms with Crippen molar-refractivity contribution in [1.29, 1.82) is 0 Å². The van der Waals surface area contributed by atoms with Crippen LogP contribution in [0.3, 0.4) is 0 Å². The smallest absolute Gasteiger partial charge is 0.192 e. The van der Waals surface area contributed by atoms with Gasteiger partial charge in [0.1, 0.15) is 10.6 Å². The lowest BCUT2D eigenvalue weighted by molar-refractivity contribution is 0.296. The Morgan fingerprint density at radius 3 is 2.45 bits per heavy atom. The molecule has 0 spiro atoms. The van der Waals surface area contributed by atoms with Crippen molar-refractivity contribution in [3.63, 3.8) is 0 Å². The van der Waals surface area contributed by atoms with Gasteiger partial charge < -0.3 is 4.74 Å². The molecule has 0 saturated carbocycles. The summed E-state index contributed by atoms with van der Waals surface area (Å²) in [5.74, 6) is 0.673. The van der Waals surface area contributed by atoms with Gasteiger partial charge in [0.2, 0.25) is 0 Å². The molecule has 0 aliphatic rings. The number of hydrogen-bond acceptors (Lipinski definition) is 3. The zero-order chi connectivity index (χ0) is 16.6. The Kier molecular flexibility index (Phi) is 8.12. The summed E-state index contributed by atoms with van der Waals surface area (Å²) in [4.78, 5) is 0.636. The maximum atomic E-state index is 12.1. The third-order valence-corrected chi connectivity index (χ3v) is 5.18. The van der Waals surface area contributed by atoms with Gasteiger partial charge in [-0.25, -0.2) is 4.21 Å². The lowest BCUT2D eigenvalue weighted by Crippen LogP contribution is -2.16. The summed E-state index contributed by atoms with van der Waals surface area (Å²) < 4.78 is 23.0. The van der Waals surface area contributed by atoms with Crippen LogP contribution in [0, 0.1) is 0 Å². The van der Waals surface area contributed by atoms with E-state index in [0.717, 1.165) is 18.4 Å². The van der Waals surface area contributed by atoms with Crippen LogP contribution in [0.2, 0.25) is 0 Å². The van der Waals surface area contributed by atoms with Gasteiger partial charge >= 0.3 is 0 Å². The Morgan fingerprint density at radius 2 is 1.86 bits per heavy atom. The molecule has 0 saturated heterocycles. The number of benzene rings is 1. The normalized spacial score (nSPS) is 13.1. The summed E-state index contributed by atoms with van der Waals surface area (Å²) in [5, 5.41) is 0. The molecule has 1 rings (SSSR count). The molecule has 0 bridgehead atoms. The van der Waals surface area contributed by atoms with Gasteiger partial charge in [-0.2, -0.15) is 0 Å². The number of ether oxygens (including phenoxy) is 1. The average Bonchev–Trinajstić information content (AvgIpc) is 2.53.